The largest absolute Gasteiger partial charge is 0.399 e. The molecule has 0 aliphatic carbocycles. The lowest BCUT2D eigenvalue weighted by molar-refractivity contribution is 0.570. The standard InChI is InChI=1S/C10H7Cl2FN4O2S/c11-8-4-9(16-10(12)15-8)17-20(18,19)7-2-1-5(14)3-6(7)13/h1-4H,14H2,(H,15,16,17). The number of hydrogen-bond donors (Lipinski definition) is 2. The molecule has 1 heterocycles. The third-order valence-electron chi connectivity index (χ3n) is 2.15. The highest BCUT2D eigenvalue weighted by atomic mass is 35.5. The van der Waals surface area contributed by atoms with E-state index in [4.69, 9.17) is 28.9 Å². The average molecular weight is 337 g/mol. The number of nitrogen functional groups attached to an aromatic ring is 1. The number of benzene rings is 1. The van der Waals surface area contributed by atoms with Crippen LogP contribution in [-0.4, -0.2) is 18.4 Å². The highest BCUT2D eigenvalue weighted by Crippen LogP contribution is 2.21. The molecule has 0 atom stereocenters. The van der Waals surface area contributed by atoms with E-state index in [2.05, 4.69) is 9.97 Å². The van der Waals surface area contributed by atoms with Gasteiger partial charge < -0.3 is 5.73 Å². The molecule has 0 aliphatic rings. The smallest absolute Gasteiger partial charge is 0.265 e. The summed E-state index contributed by atoms with van der Waals surface area (Å²) in [6, 6.07) is 4.34. The van der Waals surface area contributed by atoms with Crippen molar-refractivity contribution in [2.75, 3.05) is 10.5 Å². The zero-order valence-electron chi connectivity index (χ0n) is 9.64. The van der Waals surface area contributed by atoms with Crippen molar-refractivity contribution in [3.05, 3.63) is 40.5 Å². The molecule has 2 rings (SSSR count). The van der Waals surface area contributed by atoms with Crippen molar-refractivity contribution in [3.63, 3.8) is 0 Å². The van der Waals surface area contributed by atoms with Gasteiger partial charge in [-0.15, -0.1) is 0 Å². The monoisotopic (exact) mass is 336 g/mol. The summed E-state index contributed by atoms with van der Waals surface area (Å²) in [4.78, 5) is 6.61. The van der Waals surface area contributed by atoms with Crippen LogP contribution in [0.3, 0.4) is 0 Å². The summed E-state index contributed by atoms with van der Waals surface area (Å²) in [6.45, 7) is 0. The minimum Gasteiger partial charge on any atom is -0.399 e. The Morgan fingerprint density at radius 3 is 2.50 bits per heavy atom. The summed E-state index contributed by atoms with van der Waals surface area (Å²) < 4.78 is 39.7. The lowest BCUT2D eigenvalue weighted by Gasteiger charge is -2.08. The lowest BCUT2D eigenvalue weighted by atomic mass is 10.3. The number of nitrogens with zero attached hydrogens (tertiary/aromatic N) is 2. The Kier molecular flexibility index (Phi) is 3.98. The van der Waals surface area contributed by atoms with E-state index < -0.39 is 20.7 Å². The first-order valence-electron chi connectivity index (χ1n) is 5.06. The summed E-state index contributed by atoms with van der Waals surface area (Å²) in [6.07, 6.45) is 0. The second-order valence-corrected chi connectivity index (χ2v) is 6.02. The normalized spacial score (nSPS) is 11.3. The molecule has 0 radical (unpaired) electrons. The third-order valence-corrected chi connectivity index (χ3v) is 3.90. The number of nitrogens with one attached hydrogen (secondary N) is 1. The van der Waals surface area contributed by atoms with Gasteiger partial charge in [-0.25, -0.2) is 17.8 Å². The van der Waals surface area contributed by atoms with E-state index >= 15 is 0 Å². The molecule has 1 aromatic carbocycles. The van der Waals surface area contributed by atoms with Gasteiger partial charge in [-0.3, -0.25) is 4.72 Å². The number of nitrogens with two attached hydrogens (primary N) is 1. The fourth-order valence-electron chi connectivity index (χ4n) is 1.37. The summed E-state index contributed by atoms with van der Waals surface area (Å²) in [5, 5.41) is -0.298. The van der Waals surface area contributed by atoms with E-state index in [9.17, 15) is 12.8 Å². The Morgan fingerprint density at radius 1 is 1.20 bits per heavy atom. The Bertz CT molecular complexity index is 750. The van der Waals surface area contributed by atoms with Gasteiger partial charge in [0.2, 0.25) is 5.28 Å². The van der Waals surface area contributed by atoms with E-state index in [1.54, 1.807) is 0 Å². The molecule has 2 aromatic rings. The van der Waals surface area contributed by atoms with Crippen molar-refractivity contribution in [1.29, 1.82) is 0 Å². The van der Waals surface area contributed by atoms with Crippen LogP contribution in [0, 0.1) is 5.82 Å². The topological polar surface area (TPSA) is 98.0 Å². The predicted octanol–water partition coefficient (Wildman–Crippen LogP) is 2.31. The molecule has 0 amide bonds. The van der Waals surface area contributed by atoms with Crippen LogP contribution in [0.4, 0.5) is 15.9 Å². The number of halogens is 3. The Balaban J connectivity index is 2.40. The van der Waals surface area contributed by atoms with Crippen molar-refractivity contribution >= 4 is 44.7 Å². The molecular formula is C10H7Cl2FN4O2S. The summed E-state index contributed by atoms with van der Waals surface area (Å²) in [5.41, 5.74) is 5.46. The van der Waals surface area contributed by atoms with Crippen LogP contribution < -0.4 is 10.5 Å². The zero-order valence-corrected chi connectivity index (χ0v) is 12.0. The first-order chi connectivity index (χ1) is 9.28. The predicted molar refractivity (Wildman–Crippen MR) is 73.7 cm³/mol. The maximum Gasteiger partial charge on any atom is 0.265 e. The summed E-state index contributed by atoms with van der Waals surface area (Å²) in [5.74, 6) is -1.16. The van der Waals surface area contributed by atoms with E-state index in [1.807, 2.05) is 4.72 Å². The first-order valence-corrected chi connectivity index (χ1v) is 7.30. The van der Waals surface area contributed by atoms with E-state index in [0.29, 0.717) is 0 Å². The highest BCUT2D eigenvalue weighted by molar-refractivity contribution is 7.92. The van der Waals surface area contributed by atoms with Crippen LogP contribution in [-0.2, 0) is 10.0 Å². The second-order valence-electron chi connectivity index (χ2n) is 3.64. The van der Waals surface area contributed by atoms with Gasteiger partial charge in [0.1, 0.15) is 21.7 Å². The van der Waals surface area contributed by atoms with Crippen molar-refractivity contribution in [3.8, 4) is 0 Å². The number of anilines is 2. The van der Waals surface area contributed by atoms with Gasteiger partial charge in [0.25, 0.3) is 10.0 Å². The zero-order chi connectivity index (χ0) is 14.9. The lowest BCUT2D eigenvalue weighted by Crippen LogP contribution is -2.16. The number of aromatic nitrogens is 2. The van der Waals surface area contributed by atoms with Crippen LogP contribution in [0.2, 0.25) is 10.4 Å². The van der Waals surface area contributed by atoms with Gasteiger partial charge in [-0.2, -0.15) is 4.98 Å². The van der Waals surface area contributed by atoms with Crippen molar-refractivity contribution in [2.24, 2.45) is 0 Å². The van der Waals surface area contributed by atoms with Gasteiger partial charge in [-0.1, -0.05) is 11.6 Å². The first kappa shape index (κ1) is 14.8. The fraction of sp³-hybridized carbons (Fsp3) is 0. The molecule has 0 bridgehead atoms. The van der Waals surface area contributed by atoms with Crippen LogP contribution in [0.1, 0.15) is 0 Å². The second kappa shape index (κ2) is 5.39. The van der Waals surface area contributed by atoms with Crippen molar-refractivity contribution in [1.82, 2.24) is 9.97 Å². The number of sulfonamides is 1. The van der Waals surface area contributed by atoms with Crippen LogP contribution in [0.5, 0.6) is 0 Å². The van der Waals surface area contributed by atoms with Crippen molar-refractivity contribution in [2.45, 2.75) is 4.90 Å². The average Bonchev–Trinajstić information content (AvgIpc) is 2.25. The minimum atomic E-state index is -4.18. The van der Waals surface area contributed by atoms with Crippen molar-refractivity contribution < 1.29 is 12.8 Å². The molecular weight excluding hydrogens is 330 g/mol. The van der Waals surface area contributed by atoms with Gasteiger partial charge in [0, 0.05) is 11.8 Å². The molecule has 0 unspecified atom stereocenters. The Hall–Kier alpha value is -1.64. The van der Waals surface area contributed by atoms with Gasteiger partial charge in [0.15, 0.2) is 0 Å². The molecule has 3 N–H and O–H groups in total. The molecule has 0 fully saturated rings. The number of hydrogen-bond acceptors (Lipinski definition) is 5. The van der Waals surface area contributed by atoms with Crippen LogP contribution in [0.15, 0.2) is 29.2 Å². The molecule has 20 heavy (non-hydrogen) atoms. The highest BCUT2D eigenvalue weighted by Gasteiger charge is 2.20. The molecule has 0 spiro atoms. The SMILES string of the molecule is Nc1ccc(S(=O)(=O)Nc2cc(Cl)nc(Cl)n2)c(F)c1. The Morgan fingerprint density at radius 2 is 1.90 bits per heavy atom. The Labute approximate surface area is 123 Å². The molecule has 0 saturated heterocycles. The molecule has 10 heteroatoms. The quantitative estimate of drug-likeness (QED) is 0.509. The summed E-state index contributed by atoms with van der Waals surface area (Å²) >= 11 is 11.2. The van der Waals surface area contributed by atoms with E-state index in [1.165, 1.54) is 6.07 Å². The fourth-order valence-corrected chi connectivity index (χ4v) is 2.83. The van der Waals surface area contributed by atoms with Gasteiger partial charge in [-0.05, 0) is 29.8 Å². The molecule has 0 saturated carbocycles. The van der Waals surface area contributed by atoms with E-state index in [0.717, 1.165) is 18.2 Å². The summed E-state index contributed by atoms with van der Waals surface area (Å²) in [7, 11) is -4.18. The van der Waals surface area contributed by atoms with Gasteiger partial charge in [0.05, 0.1) is 0 Å². The molecule has 0 aliphatic heterocycles. The molecule has 1 aromatic heterocycles. The van der Waals surface area contributed by atoms with Crippen LogP contribution in [0.25, 0.3) is 0 Å². The van der Waals surface area contributed by atoms with E-state index in [-0.39, 0.29) is 21.9 Å². The third kappa shape index (κ3) is 3.27. The maximum absolute atomic E-state index is 13.6. The maximum atomic E-state index is 13.6. The molecule has 6 nitrogen and oxygen atoms in total. The minimum absolute atomic E-state index is 0.0551. The van der Waals surface area contributed by atoms with Gasteiger partial charge >= 0.3 is 0 Å². The number of rotatable bonds is 3. The van der Waals surface area contributed by atoms with Crippen LogP contribution >= 0.6 is 23.2 Å². The molecule has 106 valence electrons.